The Morgan fingerprint density at radius 2 is 2.12 bits per heavy atom. The van der Waals surface area contributed by atoms with Gasteiger partial charge in [0.1, 0.15) is 17.9 Å². The molecule has 1 aromatic carbocycles. The first kappa shape index (κ1) is 18.2. The van der Waals surface area contributed by atoms with Gasteiger partial charge in [-0.25, -0.2) is 9.97 Å². The first-order chi connectivity index (χ1) is 12.6. The molecule has 0 amide bonds. The molecule has 0 radical (unpaired) electrons. The zero-order valence-corrected chi connectivity index (χ0v) is 15.3. The second-order valence-electron chi connectivity index (χ2n) is 6.11. The zero-order chi connectivity index (χ0) is 18.5. The second kappa shape index (κ2) is 8.16. The molecule has 0 unspecified atom stereocenters. The highest BCUT2D eigenvalue weighted by Crippen LogP contribution is 2.29. The normalized spacial score (nSPS) is 11.3. The van der Waals surface area contributed by atoms with Gasteiger partial charge in [-0.1, -0.05) is 24.8 Å². The van der Waals surface area contributed by atoms with Crippen molar-refractivity contribution in [1.82, 2.24) is 20.0 Å². The van der Waals surface area contributed by atoms with Crippen molar-refractivity contribution in [3.05, 3.63) is 42.4 Å². The number of hydrogen-bond acceptors (Lipinski definition) is 6. The summed E-state index contributed by atoms with van der Waals surface area (Å²) >= 11 is 0. The molecule has 3 aromatic rings. The predicted molar refractivity (Wildman–Crippen MR) is 103 cm³/mol. The van der Waals surface area contributed by atoms with Crippen LogP contribution in [0.5, 0.6) is 0 Å². The molecule has 7 nitrogen and oxygen atoms in total. The smallest absolute Gasteiger partial charge is 0.152 e. The fourth-order valence-electron chi connectivity index (χ4n) is 2.92. The van der Waals surface area contributed by atoms with Gasteiger partial charge in [0.15, 0.2) is 5.82 Å². The fraction of sp³-hybridized carbons (Fsp3) is 0.368. The number of para-hydroxylation sites is 1. The third-order valence-corrected chi connectivity index (χ3v) is 4.00. The van der Waals surface area contributed by atoms with Crippen molar-refractivity contribution in [2.45, 2.75) is 33.4 Å². The van der Waals surface area contributed by atoms with Crippen LogP contribution in [0.2, 0.25) is 0 Å². The maximum atomic E-state index is 6.17. The molecule has 0 aliphatic carbocycles. The number of hydrogen-bond donors (Lipinski definition) is 2. The summed E-state index contributed by atoms with van der Waals surface area (Å²) in [5.74, 6) is 1.29. The highest BCUT2D eigenvalue weighted by atomic mass is 16.6. The molecule has 0 saturated heterocycles. The molecule has 0 fully saturated rings. The summed E-state index contributed by atoms with van der Waals surface area (Å²) in [6, 6.07) is 7.97. The number of anilines is 1. The molecule has 0 atom stereocenters. The Hall–Kier alpha value is -2.64. The van der Waals surface area contributed by atoms with E-state index >= 15 is 0 Å². The van der Waals surface area contributed by atoms with Crippen LogP contribution in [0.4, 0.5) is 5.82 Å². The van der Waals surface area contributed by atoms with E-state index in [1.807, 2.05) is 38.1 Å². The van der Waals surface area contributed by atoms with Gasteiger partial charge in [0.2, 0.25) is 0 Å². The summed E-state index contributed by atoms with van der Waals surface area (Å²) in [4.78, 5) is 14.6. The van der Waals surface area contributed by atoms with E-state index in [1.54, 1.807) is 0 Å². The summed E-state index contributed by atoms with van der Waals surface area (Å²) in [5, 5.41) is 1.04. The standard InChI is InChI=1S/C19H25N5O2/c1-4-25-12-16-22-17-18(24(16)10-7-11-26-23-13(2)3)14-8-5-6-9-15(14)21-19(17)20/h5-6,8-9,23H,2,4,7,10-12H2,1,3H3,(H2,20,21). The van der Waals surface area contributed by atoms with Crippen LogP contribution in [-0.2, 0) is 22.7 Å². The van der Waals surface area contributed by atoms with Gasteiger partial charge >= 0.3 is 0 Å². The van der Waals surface area contributed by atoms with Gasteiger partial charge in [0.25, 0.3) is 0 Å². The number of ether oxygens (including phenoxy) is 1. The monoisotopic (exact) mass is 355 g/mol. The lowest BCUT2D eigenvalue weighted by molar-refractivity contribution is 0.0589. The van der Waals surface area contributed by atoms with Gasteiger partial charge in [-0.15, -0.1) is 0 Å². The van der Waals surface area contributed by atoms with Gasteiger partial charge in [-0.2, -0.15) is 0 Å². The highest BCUT2D eigenvalue weighted by Gasteiger charge is 2.17. The first-order valence-electron chi connectivity index (χ1n) is 8.76. The largest absolute Gasteiger partial charge is 0.382 e. The Kier molecular flexibility index (Phi) is 5.70. The summed E-state index contributed by atoms with van der Waals surface area (Å²) in [6.07, 6.45) is 0.807. The van der Waals surface area contributed by atoms with Crippen LogP contribution in [0.25, 0.3) is 21.9 Å². The molecule has 2 aromatic heterocycles. The maximum absolute atomic E-state index is 6.17. The van der Waals surface area contributed by atoms with Gasteiger partial charge in [0.05, 0.1) is 17.6 Å². The lowest BCUT2D eigenvalue weighted by Gasteiger charge is -2.11. The van der Waals surface area contributed by atoms with E-state index in [9.17, 15) is 0 Å². The molecule has 0 spiro atoms. The molecule has 7 heteroatoms. The molecule has 26 heavy (non-hydrogen) atoms. The van der Waals surface area contributed by atoms with Crippen molar-refractivity contribution in [3.63, 3.8) is 0 Å². The van der Waals surface area contributed by atoms with Crippen molar-refractivity contribution in [2.24, 2.45) is 0 Å². The number of nitrogens with one attached hydrogen (secondary N) is 1. The SMILES string of the molecule is C=C(C)NOCCCn1c(COCC)nc2c(N)nc3ccccc3c21. The number of nitrogens with two attached hydrogens (primary N) is 1. The number of benzene rings is 1. The number of nitrogens with zero attached hydrogens (tertiary/aromatic N) is 3. The number of nitrogen functional groups attached to an aromatic ring is 1. The van der Waals surface area contributed by atoms with E-state index in [4.69, 9.17) is 20.3 Å². The molecular weight excluding hydrogens is 330 g/mol. The molecule has 0 aliphatic heterocycles. The average Bonchev–Trinajstić information content (AvgIpc) is 2.99. The Labute approximate surface area is 152 Å². The molecule has 3 N–H and O–H groups in total. The van der Waals surface area contributed by atoms with E-state index in [2.05, 4.69) is 21.6 Å². The number of allylic oxidation sites excluding steroid dienone is 1. The Morgan fingerprint density at radius 3 is 2.88 bits per heavy atom. The number of rotatable bonds is 9. The number of fused-ring (bicyclic) bond motifs is 3. The molecule has 2 heterocycles. The highest BCUT2D eigenvalue weighted by molar-refractivity contribution is 6.06. The van der Waals surface area contributed by atoms with Crippen LogP contribution in [0.3, 0.4) is 0 Å². The van der Waals surface area contributed by atoms with E-state index in [0.29, 0.717) is 25.6 Å². The molecule has 138 valence electrons. The number of aryl methyl sites for hydroxylation is 1. The van der Waals surface area contributed by atoms with Gasteiger partial charge in [0, 0.05) is 24.2 Å². The minimum Gasteiger partial charge on any atom is -0.382 e. The minimum absolute atomic E-state index is 0.434. The quantitative estimate of drug-likeness (QED) is 0.453. The fourth-order valence-corrected chi connectivity index (χ4v) is 2.92. The summed E-state index contributed by atoms with van der Waals surface area (Å²) in [5.41, 5.74) is 12.3. The van der Waals surface area contributed by atoms with Crippen LogP contribution in [0, 0.1) is 0 Å². The molecule has 0 aliphatic rings. The van der Waals surface area contributed by atoms with E-state index in [1.165, 1.54) is 0 Å². The van der Waals surface area contributed by atoms with Crippen LogP contribution < -0.4 is 11.2 Å². The lowest BCUT2D eigenvalue weighted by Crippen LogP contribution is -2.14. The second-order valence-corrected chi connectivity index (χ2v) is 6.11. The number of imidazole rings is 1. The van der Waals surface area contributed by atoms with E-state index < -0.39 is 0 Å². The Balaban J connectivity index is 1.97. The summed E-state index contributed by atoms with van der Waals surface area (Å²) in [7, 11) is 0. The van der Waals surface area contributed by atoms with Crippen molar-refractivity contribution in [1.29, 1.82) is 0 Å². The minimum atomic E-state index is 0.434. The maximum Gasteiger partial charge on any atom is 0.152 e. The van der Waals surface area contributed by atoms with Gasteiger partial charge in [-0.05, 0) is 26.3 Å². The summed E-state index contributed by atoms with van der Waals surface area (Å²) < 4.78 is 7.76. The first-order valence-corrected chi connectivity index (χ1v) is 8.76. The Bertz CT molecular complexity index is 919. The van der Waals surface area contributed by atoms with Crippen LogP contribution in [0.1, 0.15) is 26.1 Å². The van der Waals surface area contributed by atoms with Crippen molar-refractivity contribution in [2.75, 3.05) is 18.9 Å². The van der Waals surface area contributed by atoms with Crippen molar-refractivity contribution < 1.29 is 9.57 Å². The number of pyridine rings is 1. The van der Waals surface area contributed by atoms with Crippen LogP contribution in [0.15, 0.2) is 36.5 Å². The van der Waals surface area contributed by atoms with E-state index in [0.717, 1.165) is 46.4 Å². The molecule has 0 saturated carbocycles. The number of hydroxylamine groups is 1. The van der Waals surface area contributed by atoms with Crippen molar-refractivity contribution >= 4 is 27.8 Å². The molecule has 3 rings (SSSR count). The summed E-state index contributed by atoms with van der Waals surface area (Å²) in [6.45, 7) is 9.92. The van der Waals surface area contributed by atoms with Gasteiger partial charge in [-0.3, -0.25) is 10.3 Å². The molecule has 0 bridgehead atoms. The van der Waals surface area contributed by atoms with Gasteiger partial charge < -0.3 is 15.0 Å². The molecular formula is C19H25N5O2. The third-order valence-electron chi connectivity index (χ3n) is 4.00. The topological polar surface area (TPSA) is 87.2 Å². The average molecular weight is 355 g/mol. The predicted octanol–water partition coefficient (Wildman–Crippen LogP) is 3.15. The van der Waals surface area contributed by atoms with Crippen LogP contribution >= 0.6 is 0 Å². The lowest BCUT2D eigenvalue weighted by atomic mass is 10.2. The van der Waals surface area contributed by atoms with Crippen molar-refractivity contribution in [3.8, 4) is 0 Å². The number of aromatic nitrogens is 3. The Morgan fingerprint density at radius 1 is 1.31 bits per heavy atom. The van der Waals surface area contributed by atoms with Crippen LogP contribution in [-0.4, -0.2) is 27.7 Å². The van der Waals surface area contributed by atoms with E-state index in [-0.39, 0.29) is 0 Å². The zero-order valence-electron chi connectivity index (χ0n) is 15.3. The third kappa shape index (κ3) is 3.79.